The maximum atomic E-state index is 12.1. The van der Waals surface area contributed by atoms with Crippen LogP contribution in [-0.4, -0.2) is 22.6 Å². The van der Waals surface area contributed by atoms with Crippen LogP contribution >= 0.6 is 15.9 Å². The minimum absolute atomic E-state index is 0.144. The maximum Gasteiger partial charge on any atom is 0.302 e. The number of nitrogens with one attached hydrogen (secondary N) is 1. The van der Waals surface area contributed by atoms with E-state index in [0.717, 1.165) is 15.2 Å². The fourth-order valence-electron chi connectivity index (χ4n) is 2.83. The van der Waals surface area contributed by atoms with Crippen LogP contribution in [0.3, 0.4) is 0 Å². The number of ether oxygens (including phenoxy) is 1. The van der Waals surface area contributed by atoms with Crippen molar-refractivity contribution in [3.63, 3.8) is 0 Å². The maximum absolute atomic E-state index is 12.1. The lowest BCUT2D eigenvalue weighted by Crippen LogP contribution is -2.08. The molecular weight excluding hydrogens is 410 g/mol. The molecule has 0 saturated heterocycles. The number of nitrogens with zero attached hydrogens (tertiary/aromatic N) is 2. The van der Waals surface area contributed by atoms with Gasteiger partial charge in [0, 0.05) is 15.2 Å². The Hall–Kier alpha value is -3.19. The molecule has 3 aromatic carbocycles. The number of H-pyrrole nitrogens is 1. The number of hydrogen-bond donors (Lipinski definition) is 2. The smallest absolute Gasteiger partial charge is 0.302 e. The SMILES string of the molecule is O=C(COc1cccc2ccccc12)N=Nc1c(O)[nH]c2ccc(Br)cc12. The third-order valence-corrected chi connectivity index (χ3v) is 4.57. The highest BCUT2D eigenvalue weighted by Crippen LogP contribution is 2.36. The molecule has 4 aromatic rings. The molecule has 27 heavy (non-hydrogen) atoms. The van der Waals surface area contributed by atoms with E-state index in [1.54, 1.807) is 18.2 Å². The van der Waals surface area contributed by atoms with Crippen molar-refractivity contribution in [2.24, 2.45) is 10.2 Å². The highest BCUT2D eigenvalue weighted by Gasteiger charge is 2.12. The number of aromatic nitrogens is 1. The Bertz CT molecular complexity index is 1180. The Labute approximate surface area is 162 Å². The van der Waals surface area contributed by atoms with Gasteiger partial charge in [-0.25, -0.2) is 0 Å². The summed E-state index contributed by atoms with van der Waals surface area (Å²) < 4.78 is 6.44. The number of hydrogen-bond acceptors (Lipinski definition) is 4. The van der Waals surface area contributed by atoms with Gasteiger partial charge in [0.1, 0.15) is 5.75 Å². The van der Waals surface area contributed by atoms with Gasteiger partial charge < -0.3 is 14.8 Å². The Morgan fingerprint density at radius 1 is 1.07 bits per heavy atom. The first kappa shape index (κ1) is 17.2. The lowest BCUT2D eigenvalue weighted by atomic mass is 10.1. The molecule has 0 saturated carbocycles. The summed E-state index contributed by atoms with van der Waals surface area (Å²) in [6.45, 7) is -0.246. The summed E-state index contributed by atoms with van der Waals surface area (Å²) in [7, 11) is 0. The average molecular weight is 424 g/mol. The van der Waals surface area contributed by atoms with E-state index in [2.05, 4.69) is 31.1 Å². The molecule has 0 aliphatic rings. The van der Waals surface area contributed by atoms with Gasteiger partial charge in [-0.15, -0.1) is 10.2 Å². The van der Waals surface area contributed by atoms with Crippen molar-refractivity contribution in [2.75, 3.05) is 6.61 Å². The van der Waals surface area contributed by atoms with Gasteiger partial charge in [0.15, 0.2) is 12.3 Å². The van der Waals surface area contributed by atoms with Crippen molar-refractivity contribution in [2.45, 2.75) is 0 Å². The summed E-state index contributed by atoms with van der Waals surface area (Å²) in [6, 6.07) is 18.8. The van der Waals surface area contributed by atoms with E-state index in [-0.39, 0.29) is 18.2 Å². The van der Waals surface area contributed by atoms with Crippen LogP contribution in [0.5, 0.6) is 11.6 Å². The predicted molar refractivity (Wildman–Crippen MR) is 107 cm³/mol. The van der Waals surface area contributed by atoms with Crippen LogP contribution in [0.4, 0.5) is 5.69 Å². The number of carbonyl (C=O) groups excluding carboxylic acids is 1. The molecule has 4 rings (SSSR count). The zero-order valence-corrected chi connectivity index (χ0v) is 15.6. The van der Waals surface area contributed by atoms with Crippen molar-refractivity contribution in [1.82, 2.24) is 4.98 Å². The van der Waals surface area contributed by atoms with E-state index in [1.165, 1.54) is 0 Å². The fraction of sp³-hybridized carbons (Fsp3) is 0.0500. The van der Waals surface area contributed by atoms with E-state index in [9.17, 15) is 9.90 Å². The number of aromatic amines is 1. The molecule has 6 nitrogen and oxygen atoms in total. The highest BCUT2D eigenvalue weighted by atomic mass is 79.9. The van der Waals surface area contributed by atoms with Gasteiger partial charge in [0.25, 0.3) is 0 Å². The topological polar surface area (TPSA) is 87.0 Å². The molecule has 1 amide bonds. The number of aromatic hydroxyl groups is 1. The summed E-state index contributed by atoms with van der Waals surface area (Å²) in [4.78, 5) is 14.9. The Morgan fingerprint density at radius 3 is 2.78 bits per heavy atom. The molecule has 0 spiro atoms. The van der Waals surface area contributed by atoms with Crippen LogP contribution in [0.15, 0.2) is 75.4 Å². The minimum atomic E-state index is -0.549. The zero-order valence-electron chi connectivity index (χ0n) is 14.0. The fourth-order valence-corrected chi connectivity index (χ4v) is 3.19. The quantitative estimate of drug-likeness (QED) is 0.426. The van der Waals surface area contributed by atoms with Gasteiger partial charge in [0.05, 0.1) is 5.52 Å². The van der Waals surface area contributed by atoms with Crippen molar-refractivity contribution < 1.29 is 14.6 Å². The molecule has 1 aromatic heterocycles. The summed E-state index contributed by atoms with van der Waals surface area (Å²) in [5.41, 5.74) is 0.911. The molecule has 0 aliphatic heterocycles. The standard InChI is InChI=1S/C20H14BrN3O3/c21-13-8-9-16-15(10-13)19(20(26)22-16)24-23-18(25)11-27-17-7-3-5-12-4-1-2-6-14(12)17/h1-10,22,26H,11H2. The molecule has 0 fully saturated rings. The largest absolute Gasteiger partial charge is 0.493 e. The third kappa shape index (κ3) is 3.54. The van der Waals surface area contributed by atoms with Crippen molar-refractivity contribution in [1.29, 1.82) is 0 Å². The molecular formula is C20H14BrN3O3. The second-order valence-electron chi connectivity index (χ2n) is 5.87. The number of fused-ring (bicyclic) bond motifs is 2. The van der Waals surface area contributed by atoms with E-state index in [4.69, 9.17) is 4.74 Å². The van der Waals surface area contributed by atoms with Crippen LogP contribution in [-0.2, 0) is 4.79 Å². The van der Waals surface area contributed by atoms with Gasteiger partial charge in [-0.3, -0.25) is 4.79 Å². The van der Waals surface area contributed by atoms with Crippen LogP contribution in [0.2, 0.25) is 0 Å². The van der Waals surface area contributed by atoms with Gasteiger partial charge in [-0.05, 0) is 29.7 Å². The Kier molecular flexibility index (Phi) is 4.60. The number of halogens is 1. The van der Waals surface area contributed by atoms with Gasteiger partial charge >= 0.3 is 5.91 Å². The Balaban J connectivity index is 1.51. The summed E-state index contributed by atoms with van der Waals surface area (Å²) in [5.74, 6) is -0.0863. The van der Waals surface area contributed by atoms with E-state index in [0.29, 0.717) is 16.7 Å². The number of benzene rings is 3. The lowest BCUT2D eigenvalue weighted by molar-refractivity contribution is -0.120. The molecule has 2 N–H and O–H groups in total. The first-order chi connectivity index (χ1) is 13.1. The molecule has 0 atom stereocenters. The van der Waals surface area contributed by atoms with E-state index < -0.39 is 5.91 Å². The van der Waals surface area contributed by atoms with Crippen molar-refractivity contribution >= 4 is 49.2 Å². The van der Waals surface area contributed by atoms with Crippen molar-refractivity contribution in [3.05, 3.63) is 65.1 Å². The summed E-state index contributed by atoms with van der Waals surface area (Å²) in [6.07, 6.45) is 0. The summed E-state index contributed by atoms with van der Waals surface area (Å²) in [5, 5.41) is 20.2. The number of amides is 1. The first-order valence-electron chi connectivity index (χ1n) is 8.17. The third-order valence-electron chi connectivity index (χ3n) is 4.08. The molecule has 7 heteroatoms. The molecule has 1 heterocycles. The molecule has 0 radical (unpaired) electrons. The van der Waals surface area contributed by atoms with Crippen LogP contribution in [0.25, 0.3) is 21.7 Å². The number of rotatable bonds is 4. The van der Waals surface area contributed by atoms with Gasteiger partial charge in [0.2, 0.25) is 5.88 Å². The minimum Gasteiger partial charge on any atom is -0.493 e. The van der Waals surface area contributed by atoms with E-state index in [1.807, 2.05) is 42.5 Å². The molecule has 0 unspecified atom stereocenters. The number of carbonyl (C=O) groups is 1. The average Bonchev–Trinajstić information content (AvgIpc) is 2.99. The normalized spacial score (nSPS) is 11.4. The first-order valence-corrected chi connectivity index (χ1v) is 8.96. The van der Waals surface area contributed by atoms with Crippen LogP contribution in [0, 0.1) is 0 Å². The van der Waals surface area contributed by atoms with Crippen LogP contribution < -0.4 is 4.74 Å². The molecule has 0 aliphatic carbocycles. The van der Waals surface area contributed by atoms with Gasteiger partial charge in [-0.1, -0.05) is 52.3 Å². The Morgan fingerprint density at radius 2 is 1.89 bits per heavy atom. The van der Waals surface area contributed by atoms with Crippen molar-refractivity contribution in [3.8, 4) is 11.6 Å². The highest BCUT2D eigenvalue weighted by molar-refractivity contribution is 9.10. The second-order valence-corrected chi connectivity index (χ2v) is 6.79. The number of azo groups is 1. The predicted octanol–water partition coefficient (Wildman–Crippen LogP) is 5.48. The molecule has 0 bridgehead atoms. The second kappa shape index (κ2) is 7.20. The molecule has 134 valence electrons. The lowest BCUT2D eigenvalue weighted by Gasteiger charge is -2.06. The monoisotopic (exact) mass is 423 g/mol. The van der Waals surface area contributed by atoms with Crippen LogP contribution in [0.1, 0.15) is 0 Å². The summed E-state index contributed by atoms with van der Waals surface area (Å²) >= 11 is 3.37. The zero-order chi connectivity index (χ0) is 18.8. The van der Waals surface area contributed by atoms with Gasteiger partial charge in [-0.2, -0.15) is 0 Å². The van der Waals surface area contributed by atoms with E-state index >= 15 is 0 Å².